The van der Waals surface area contributed by atoms with Crippen LogP contribution in [0.1, 0.15) is 49.8 Å². The number of alkyl carbamates (subject to hydrolysis) is 1. The van der Waals surface area contributed by atoms with Crippen LogP contribution < -0.4 is 27.2 Å². The van der Waals surface area contributed by atoms with Crippen LogP contribution >= 0.6 is 0 Å². The van der Waals surface area contributed by atoms with Crippen molar-refractivity contribution in [2.24, 2.45) is 5.73 Å². The van der Waals surface area contributed by atoms with E-state index in [1.165, 1.54) is 0 Å². The SMILES string of the molecule is CC(C)(C)OC(=O)NC(Cc1ccc(NC(=O)OCC2c3ccccc3-c3ccccc32)cc1)C(=O)NNC(=O)CC(N)=O. The first-order chi connectivity index (χ1) is 20.9. The van der Waals surface area contributed by atoms with E-state index in [9.17, 15) is 24.0 Å². The van der Waals surface area contributed by atoms with Crippen LogP contribution in [0.15, 0.2) is 72.8 Å². The molecule has 1 aliphatic carbocycles. The number of hydrogen-bond acceptors (Lipinski definition) is 7. The number of carbonyl (C=O) groups excluding carboxylic acids is 5. The zero-order chi connectivity index (χ0) is 31.9. The molecule has 0 radical (unpaired) electrons. The first kappa shape index (κ1) is 31.5. The van der Waals surface area contributed by atoms with E-state index in [1.807, 2.05) is 36.4 Å². The zero-order valence-corrected chi connectivity index (χ0v) is 24.6. The molecule has 0 saturated carbocycles. The first-order valence-electron chi connectivity index (χ1n) is 14.0. The third-order valence-electron chi connectivity index (χ3n) is 6.65. The molecule has 44 heavy (non-hydrogen) atoms. The third kappa shape index (κ3) is 8.57. The summed E-state index contributed by atoms with van der Waals surface area (Å²) in [5, 5.41) is 5.19. The number of nitrogens with two attached hydrogens (primary N) is 1. The van der Waals surface area contributed by atoms with Crippen molar-refractivity contribution in [1.82, 2.24) is 16.2 Å². The predicted molar refractivity (Wildman–Crippen MR) is 162 cm³/mol. The lowest BCUT2D eigenvalue weighted by Crippen LogP contribution is -2.54. The largest absolute Gasteiger partial charge is 0.448 e. The molecular weight excluding hydrogens is 566 g/mol. The Morgan fingerprint density at radius 1 is 0.818 bits per heavy atom. The Morgan fingerprint density at radius 2 is 1.41 bits per heavy atom. The van der Waals surface area contributed by atoms with Crippen LogP contribution in [0.4, 0.5) is 15.3 Å². The number of hydrazine groups is 1. The monoisotopic (exact) mass is 601 g/mol. The molecule has 0 bridgehead atoms. The fraction of sp³-hybridized carbons (Fsp3) is 0.281. The van der Waals surface area contributed by atoms with Gasteiger partial charge in [0, 0.05) is 18.0 Å². The van der Waals surface area contributed by atoms with Crippen LogP contribution in [0.3, 0.4) is 0 Å². The van der Waals surface area contributed by atoms with Crippen molar-refractivity contribution < 1.29 is 33.4 Å². The molecular formula is C32H35N5O7. The third-order valence-corrected chi connectivity index (χ3v) is 6.65. The molecule has 0 fully saturated rings. The number of fused-ring (bicyclic) bond motifs is 3. The van der Waals surface area contributed by atoms with Gasteiger partial charge < -0.3 is 20.5 Å². The maximum atomic E-state index is 12.8. The van der Waals surface area contributed by atoms with Gasteiger partial charge >= 0.3 is 12.2 Å². The van der Waals surface area contributed by atoms with Crippen molar-refractivity contribution in [1.29, 1.82) is 0 Å². The van der Waals surface area contributed by atoms with Crippen LogP contribution in [0.2, 0.25) is 0 Å². The highest BCUT2D eigenvalue weighted by atomic mass is 16.6. The summed E-state index contributed by atoms with van der Waals surface area (Å²) in [6.07, 6.45) is -2.06. The average molecular weight is 602 g/mol. The van der Waals surface area contributed by atoms with Gasteiger partial charge in [0.2, 0.25) is 11.8 Å². The zero-order valence-electron chi connectivity index (χ0n) is 24.6. The van der Waals surface area contributed by atoms with Gasteiger partial charge in [0.05, 0.1) is 0 Å². The molecule has 0 aliphatic heterocycles. The molecule has 0 spiro atoms. The molecule has 0 saturated heterocycles. The number of primary amides is 1. The Balaban J connectivity index is 1.35. The summed E-state index contributed by atoms with van der Waals surface area (Å²) in [6, 6.07) is 21.6. The highest BCUT2D eigenvalue weighted by Crippen LogP contribution is 2.44. The van der Waals surface area contributed by atoms with Gasteiger partial charge in [-0.2, -0.15) is 0 Å². The summed E-state index contributed by atoms with van der Waals surface area (Å²) < 4.78 is 10.9. The smallest absolute Gasteiger partial charge is 0.411 e. The van der Waals surface area contributed by atoms with Crippen LogP contribution in [-0.4, -0.2) is 48.2 Å². The highest BCUT2D eigenvalue weighted by Gasteiger charge is 2.29. The molecule has 5 amide bonds. The van der Waals surface area contributed by atoms with E-state index in [4.69, 9.17) is 15.2 Å². The minimum absolute atomic E-state index is 0.0159. The molecule has 4 rings (SSSR count). The van der Waals surface area contributed by atoms with Crippen molar-refractivity contribution in [3.05, 3.63) is 89.5 Å². The van der Waals surface area contributed by atoms with E-state index in [0.717, 1.165) is 22.3 Å². The van der Waals surface area contributed by atoms with E-state index in [1.54, 1.807) is 45.0 Å². The van der Waals surface area contributed by atoms with Crippen molar-refractivity contribution in [2.75, 3.05) is 11.9 Å². The summed E-state index contributed by atoms with van der Waals surface area (Å²) in [5.41, 5.74) is 14.0. The van der Waals surface area contributed by atoms with Gasteiger partial charge in [-0.05, 0) is 60.7 Å². The molecule has 12 nitrogen and oxygen atoms in total. The highest BCUT2D eigenvalue weighted by molar-refractivity contribution is 5.97. The minimum atomic E-state index is -1.15. The molecule has 1 unspecified atom stereocenters. The topological polar surface area (TPSA) is 178 Å². The van der Waals surface area contributed by atoms with Gasteiger partial charge in [0.25, 0.3) is 5.91 Å². The molecule has 230 valence electrons. The predicted octanol–water partition coefficient (Wildman–Crippen LogP) is 3.51. The molecule has 1 aliphatic rings. The van der Waals surface area contributed by atoms with Crippen molar-refractivity contribution in [3.8, 4) is 11.1 Å². The maximum Gasteiger partial charge on any atom is 0.411 e. The van der Waals surface area contributed by atoms with Gasteiger partial charge in [0.15, 0.2) is 0 Å². The molecule has 3 aromatic carbocycles. The number of amides is 5. The van der Waals surface area contributed by atoms with Gasteiger partial charge in [-0.1, -0.05) is 60.7 Å². The second-order valence-electron chi connectivity index (χ2n) is 11.2. The number of benzene rings is 3. The number of hydrogen-bond donors (Lipinski definition) is 5. The van der Waals surface area contributed by atoms with Crippen molar-refractivity contribution in [3.63, 3.8) is 0 Å². The number of carbonyl (C=O) groups is 5. The van der Waals surface area contributed by atoms with Crippen molar-refractivity contribution >= 4 is 35.6 Å². The Morgan fingerprint density at radius 3 is 1.98 bits per heavy atom. The van der Waals surface area contributed by atoms with Crippen LogP contribution in [-0.2, 0) is 30.3 Å². The van der Waals surface area contributed by atoms with Crippen LogP contribution in [0, 0.1) is 0 Å². The summed E-state index contributed by atoms with van der Waals surface area (Å²) in [6.45, 7) is 5.19. The molecule has 0 aromatic heterocycles. The van der Waals surface area contributed by atoms with Crippen molar-refractivity contribution in [2.45, 2.75) is 51.2 Å². The number of nitrogens with one attached hydrogen (secondary N) is 4. The maximum absolute atomic E-state index is 12.8. The molecule has 3 aromatic rings. The quantitative estimate of drug-likeness (QED) is 0.184. The Bertz CT molecular complexity index is 1500. The number of anilines is 1. The number of ether oxygens (including phenoxy) is 2. The molecule has 0 heterocycles. The molecule has 1 atom stereocenters. The van der Waals surface area contributed by atoms with Gasteiger partial charge in [0.1, 0.15) is 24.7 Å². The molecule has 12 heteroatoms. The minimum Gasteiger partial charge on any atom is -0.448 e. The van der Waals surface area contributed by atoms with E-state index in [-0.39, 0.29) is 18.9 Å². The van der Waals surface area contributed by atoms with E-state index < -0.39 is 48.0 Å². The summed E-state index contributed by atoms with van der Waals surface area (Å²) in [4.78, 5) is 60.5. The van der Waals surface area contributed by atoms with Crippen LogP contribution in [0.5, 0.6) is 0 Å². The second-order valence-corrected chi connectivity index (χ2v) is 11.2. The normalized spacial score (nSPS) is 12.6. The van der Waals surface area contributed by atoms with Gasteiger partial charge in [-0.15, -0.1) is 0 Å². The average Bonchev–Trinajstić information content (AvgIpc) is 3.27. The Hall–Kier alpha value is -5.39. The standard InChI is InChI=1S/C32H35N5O7/c1-32(2,3)44-31(42)35-26(29(40)37-36-28(39)17-27(33)38)16-19-12-14-20(15-13-19)34-30(41)43-18-25-23-10-6-4-8-21(23)22-9-5-7-11-24(22)25/h4-15,25-26H,16-18H2,1-3H3,(H2,33,38)(H,34,41)(H,35,42)(H,36,39)(H,37,40). The number of rotatable bonds is 9. The second kappa shape index (κ2) is 13.7. The van der Waals surface area contributed by atoms with E-state index in [0.29, 0.717) is 11.3 Å². The lowest BCUT2D eigenvalue weighted by molar-refractivity contribution is -0.132. The lowest BCUT2D eigenvalue weighted by Gasteiger charge is -2.23. The fourth-order valence-electron chi connectivity index (χ4n) is 4.79. The van der Waals surface area contributed by atoms with Gasteiger partial charge in [-0.25, -0.2) is 9.59 Å². The van der Waals surface area contributed by atoms with Gasteiger partial charge in [-0.3, -0.25) is 30.6 Å². The summed E-state index contributed by atoms with van der Waals surface area (Å²) in [5.74, 6) is -2.51. The Kier molecular flexibility index (Phi) is 9.84. The van der Waals surface area contributed by atoms with Crippen LogP contribution in [0.25, 0.3) is 11.1 Å². The summed E-state index contributed by atoms with van der Waals surface area (Å²) >= 11 is 0. The lowest BCUT2D eigenvalue weighted by atomic mass is 9.98. The molecule has 6 N–H and O–H groups in total. The summed E-state index contributed by atoms with van der Waals surface area (Å²) in [7, 11) is 0. The fourth-order valence-corrected chi connectivity index (χ4v) is 4.79. The Labute approximate surface area is 254 Å². The first-order valence-corrected chi connectivity index (χ1v) is 14.0. The van der Waals surface area contributed by atoms with E-state index in [2.05, 4.69) is 33.6 Å². The van der Waals surface area contributed by atoms with E-state index >= 15 is 0 Å².